The second-order valence-corrected chi connectivity index (χ2v) is 6.72. The summed E-state index contributed by atoms with van der Waals surface area (Å²) in [5, 5.41) is 13.0. The predicted molar refractivity (Wildman–Crippen MR) is 78.9 cm³/mol. The Hall–Kier alpha value is -0.590. The highest BCUT2D eigenvalue weighted by molar-refractivity contribution is 5.08. The van der Waals surface area contributed by atoms with Crippen LogP contribution in [-0.4, -0.2) is 35.6 Å². The fourth-order valence-electron chi connectivity index (χ4n) is 3.25. The fourth-order valence-corrected chi connectivity index (χ4v) is 3.25. The lowest BCUT2D eigenvalue weighted by Crippen LogP contribution is -2.48. The fraction of sp³-hybridized carbons (Fsp3) is 0.938. The van der Waals surface area contributed by atoms with Crippen molar-refractivity contribution >= 4 is 0 Å². The second-order valence-electron chi connectivity index (χ2n) is 6.72. The summed E-state index contributed by atoms with van der Waals surface area (Å²) in [6.07, 6.45) is 10.2. The van der Waals surface area contributed by atoms with Gasteiger partial charge in [0.2, 0.25) is 0 Å². The van der Waals surface area contributed by atoms with Crippen molar-refractivity contribution in [2.75, 3.05) is 13.1 Å². The van der Waals surface area contributed by atoms with Crippen molar-refractivity contribution in [1.29, 1.82) is 5.26 Å². The van der Waals surface area contributed by atoms with E-state index < -0.39 is 0 Å². The maximum atomic E-state index is 9.48. The van der Waals surface area contributed by atoms with Crippen molar-refractivity contribution in [2.45, 2.75) is 82.8 Å². The molecule has 1 N–H and O–H groups in total. The molecule has 2 unspecified atom stereocenters. The van der Waals surface area contributed by atoms with Gasteiger partial charge in [0.05, 0.1) is 6.07 Å². The Morgan fingerprint density at radius 1 is 1.21 bits per heavy atom. The van der Waals surface area contributed by atoms with E-state index in [2.05, 4.69) is 30.1 Å². The van der Waals surface area contributed by atoms with Crippen LogP contribution in [0.5, 0.6) is 0 Å². The summed E-state index contributed by atoms with van der Waals surface area (Å²) >= 11 is 0. The van der Waals surface area contributed by atoms with E-state index in [9.17, 15) is 5.26 Å². The topological polar surface area (TPSA) is 39.1 Å². The molecule has 19 heavy (non-hydrogen) atoms. The van der Waals surface area contributed by atoms with Crippen LogP contribution in [0.2, 0.25) is 0 Å². The van der Waals surface area contributed by atoms with Gasteiger partial charge in [-0.1, -0.05) is 19.3 Å². The van der Waals surface area contributed by atoms with Gasteiger partial charge in [0.1, 0.15) is 5.54 Å². The van der Waals surface area contributed by atoms with E-state index in [1.54, 1.807) is 0 Å². The monoisotopic (exact) mass is 263 g/mol. The van der Waals surface area contributed by atoms with Gasteiger partial charge in [-0.3, -0.25) is 5.32 Å². The van der Waals surface area contributed by atoms with E-state index in [0.29, 0.717) is 12.1 Å². The smallest absolute Gasteiger partial charge is 0.105 e. The Labute approximate surface area is 118 Å². The zero-order chi connectivity index (χ0) is 13.7. The van der Waals surface area contributed by atoms with Gasteiger partial charge in [-0.2, -0.15) is 5.26 Å². The van der Waals surface area contributed by atoms with Gasteiger partial charge in [-0.15, -0.1) is 0 Å². The molecule has 2 fully saturated rings. The number of nitrogens with zero attached hydrogens (tertiary/aromatic N) is 2. The van der Waals surface area contributed by atoms with Gasteiger partial charge in [0, 0.05) is 12.1 Å². The van der Waals surface area contributed by atoms with Gasteiger partial charge >= 0.3 is 0 Å². The molecular formula is C16H29N3. The van der Waals surface area contributed by atoms with E-state index in [-0.39, 0.29) is 5.54 Å². The Morgan fingerprint density at radius 2 is 1.79 bits per heavy atom. The largest absolute Gasteiger partial charge is 0.301 e. The number of likely N-dealkylation sites (tertiary alicyclic amines) is 1. The van der Waals surface area contributed by atoms with Crippen LogP contribution < -0.4 is 5.32 Å². The maximum absolute atomic E-state index is 9.48. The van der Waals surface area contributed by atoms with Crippen LogP contribution in [0.15, 0.2) is 0 Å². The molecule has 3 heteroatoms. The number of rotatable bonds is 5. The van der Waals surface area contributed by atoms with E-state index in [1.807, 2.05) is 0 Å². The van der Waals surface area contributed by atoms with Gasteiger partial charge < -0.3 is 4.90 Å². The normalized spacial score (nSPS) is 26.8. The summed E-state index contributed by atoms with van der Waals surface area (Å²) in [6, 6.07) is 3.62. The summed E-state index contributed by atoms with van der Waals surface area (Å²) < 4.78 is 0. The molecule has 1 aliphatic carbocycles. The highest BCUT2D eigenvalue weighted by atomic mass is 15.2. The summed E-state index contributed by atoms with van der Waals surface area (Å²) in [5.41, 5.74) is -0.344. The number of nitriles is 1. The summed E-state index contributed by atoms with van der Waals surface area (Å²) in [4.78, 5) is 2.60. The molecule has 0 bridgehead atoms. The Kier molecular flexibility index (Phi) is 5.24. The third-order valence-electron chi connectivity index (χ3n) is 4.56. The molecule has 1 saturated carbocycles. The minimum absolute atomic E-state index is 0.344. The molecule has 0 radical (unpaired) electrons. The van der Waals surface area contributed by atoms with Crippen LogP contribution in [0.25, 0.3) is 0 Å². The molecule has 108 valence electrons. The van der Waals surface area contributed by atoms with Gasteiger partial charge in [0.25, 0.3) is 0 Å². The van der Waals surface area contributed by atoms with Gasteiger partial charge in [0.15, 0.2) is 0 Å². The van der Waals surface area contributed by atoms with E-state index in [0.717, 1.165) is 6.42 Å². The van der Waals surface area contributed by atoms with Gasteiger partial charge in [-0.05, 0) is 59.0 Å². The molecule has 0 aromatic rings. The lowest BCUT2D eigenvalue weighted by atomic mass is 9.93. The van der Waals surface area contributed by atoms with Crippen molar-refractivity contribution in [1.82, 2.24) is 10.2 Å². The average Bonchev–Trinajstić information content (AvgIpc) is 3.12. The van der Waals surface area contributed by atoms with Gasteiger partial charge in [-0.25, -0.2) is 0 Å². The third kappa shape index (κ3) is 4.78. The highest BCUT2D eigenvalue weighted by Gasteiger charge is 2.34. The van der Waals surface area contributed by atoms with Crippen molar-refractivity contribution in [3.05, 3.63) is 0 Å². The molecule has 2 aliphatic rings. The van der Waals surface area contributed by atoms with Crippen molar-refractivity contribution in [3.8, 4) is 6.07 Å². The standard InChI is InChI=1S/C16H29N3/c1-14(19-10-6-4-3-5-7-11-19)12-16(2,13-17)18-15-8-9-15/h14-15,18H,3-12H2,1-2H3. The van der Waals surface area contributed by atoms with Crippen molar-refractivity contribution < 1.29 is 0 Å². The molecule has 0 amide bonds. The molecule has 0 aromatic carbocycles. The number of hydrogen-bond acceptors (Lipinski definition) is 3. The highest BCUT2D eigenvalue weighted by Crippen LogP contribution is 2.26. The summed E-state index contributed by atoms with van der Waals surface area (Å²) in [5.74, 6) is 0. The zero-order valence-corrected chi connectivity index (χ0v) is 12.6. The molecule has 0 aromatic heterocycles. The lowest BCUT2D eigenvalue weighted by Gasteiger charge is -2.35. The maximum Gasteiger partial charge on any atom is 0.105 e. The molecular weight excluding hydrogens is 234 g/mol. The molecule has 3 nitrogen and oxygen atoms in total. The molecule has 2 atom stereocenters. The minimum atomic E-state index is -0.344. The third-order valence-corrected chi connectivity index (χ3v) is 4.56. The molecule has 0 spiro atoms. The molecule has 1 saturated heterocycles. The van der Waals surface area contributed by atoms with E-state index in [4.69, 9.17) is 0 Å². The van der Waals surface area contributed by atoms with Crippen molar-refractivity contribution in [3.63, 3.8) is 0 Å². The Balaban J connectivity index is 1.86. The van der Waals surface area contributed by atoms with Crippen LogP contribution in [-0.2, 0) is 0 Å². The van der Waals surface area contributed by atoms with Crippen LogP contribution in [0, 0.1) is 11.3 Å². The lowest BCUT2D eigenvalue weighted by molar-refractivity contribution is 0.162. The SMILES string of the molecule is CC(CC(C)(C#N)NC1CC1)N1CCCCCCC1. The summed E-state index contributed by atoms with van der Waals surface area (Å²) in [7, 11) is 0. The summed E-state index contributed by atoms with van der Waals surface area (Å²) in [6.45, 7) is 6.80. The second kappa shape index (κ2) is 6.72. The van der Waals surface area contributed by atoms with Crippen LogP contribution in [0.4, 0.5) is 0 Å². The first-order chi connectivity index (χ1) is 9.13. The van der Waals surface area contributed by atoms with Crippen LogP contribution in [0.3, 0.4) is 0 Å². The predicted octanol–water partition coefficient (Wildman–Crippen LogP) is 3.07. The van der Waals surface area contributed by atoms with Crippen LogP contribution in [0.1, 0.15) is 65.2 Å². The Bertz CT molecular complexity index is 310. The Morgan fingerprint density at radius 3 is 2.32 bits per heavy atom. The first-order valence-corrected chi connectivity index (χ1v) is 8.06. The molecule has 2 rings (SSSR count). The molecule has 1 aliphatic heterocycles. The number of hydrogen-bond donors (Lipinski definition) is 1. The van der Waals surface area contributed by atoms with Crippen LogP contribution >= 0.6 is 0 Å². The van der Waals surface area contributed by atoms with Crippen molar-refractivity contribution in [2.24, 2.45) is 0 Å². The quantitative estimate of drug-likeness (QED) is 0.828. The average molecular weight is 263 g/mol. The first-order valence-electron chi connectivity index (χ1n) is 8.06. The number of nitrogens with one attached hydrogen (secondary N) is 1. The minimum Gasteiger partial charge on any atom is -0.301 e. The van der Waals surface area contributed by atoms with E-state index >= 15 is 0 Å². The first kappa shape index (κ1) is 14.8. The zero-order valence-electron chi connectivity index (χ0n) is 12.6. The molecule has 1 heterocycles. The van der Waals surface area contributed by atoms with E-state index in [1.165, 1.54) is 58.0 Å².